The Labute approximate surface area is 142 Å². The zero-order chi connectivity index (χ0) is 14.9. The molecule has 23 heavy (non-hydrogen) atoms. The molecule has 1 aromatic carbocycles. The van der Waals surface area contributed by atoms with E-state index in [1.165, 1.54) is 12.1 Å². The SMILES string of the molecule is Cl.Cl.FC(F)(F)c1ccc(-n2cnc(Cn3ccnc3)c2)cc1. The van der Waals surface area contributed by atoms with E-state index in [9.17, 15) is 13.2 Å². The normalized spacial score (nSPS) is 10.7. The third kappa shape index (κ3) is 4.49. The molecule has 0 radical (unpaired) electrons. The lowest BCUT2D eigenvalue weighted by Gasteiger charge is -2.07. The van der Waals surface area contributed by atoms with E-state index in [0.717, 1.165) is 17.8 Å². The minimum absolute atomic E-state index is 0. The molecule has 2 heterocycles. The zero-order valence-corrected chi connectivity index (χ0v) is 13.3. The molecule has 0 amide bonds. The number of imidazole rings is 2. The molecule has 0 saturated carbocycles. The molecule has 0 fully saturated rings. The number of hydrogen-bond donors (Lipinski definition) is 0. The first-order valence-electron chi connectivity index (χ1n) is 6.18. The summed E-state index contributed by atoms with van der Waals surface area (Å²) in [6, 6.07) is 4.97. The van der Waals surface area contributed by atoms with Crippen LogP contribution in [0.4, 0.5) is 13.2 Å². The Balaban J connectivity index is 0.00000132. The zero-order valence-electron chi connectivity index (χ0n) is 11.6. The van der Waals surface area contributed by atoms with Gasteiger partial charge in [-0.25, -0.2) is 9.97 Å². The second-order valence-corrected chi connectivity index (χ2v) is 4.55. The molecule has 3 aromatic rings. The summed E-state index contributed by atoms with van der Waals surface area (Å²) in [5, 5.41) is 0. The van der Waals surface area contributed by atoms with Crippen molar-refractivity contribution in [1.82, 2.24) is 19.1 Å². The minimum atomic E-state index is -4.32. The highest BCUT2D eigenvalue weighted by atomic mass is 35.5. The van der Waals surface area contributed by atoms with Crippen molar-refractivity contribution in [2.24, 2.45) is 0 Å². The van der Waals surface area contributed by atoms with Crippen molar-refractivity contribution in [3.63, 3.8) is 0 Å². The Kier molecular flexibility index (Phi) is 6.23. The maximum atomic E-state index is 12.5. The number of alkyl halides is 3. The van der Waals surface area contributed by atoms with Gasteiger partial charge >= 0.3 is 6.18 Å². The monoisotopic (exact) mass is 364 g/mol. The van der Waals surface area contributed by atoms with Crippen LogP contribution in [-0.2, 0) is 12.7 Å². The number of halogens is 5. The van der Waals surface area contributed by atoms with E-state index in [1.54, 1.807) is 29.6 Å². The summed E-state index contributed by atoms with van der Waals surface area (Å²) >= 11 is 0. The van der Waals surface area contributed by atoms with Crippen molar-refractivity contribution in [2.75, 3.05) is 0 Å². The first-order chi connectivity index (χ1) is 10.0. The number of rotatable bonds is 3. The predicted octanol–water partition coefficient (Wildman–Crippen LogP) is 3.98. The summed E-state index contributed by atoms with van der Waals surface area (Å²) in [6.07, 6.45) is 4.21. The van der Waals surface area contributed by atoms with Crippen LogP contribution in [0.15, 0.2) is 55.5 Å². The minimum Gasteiger partial charge on any atom is -0.331 e. The molecule has 2 aromatic heterocycles. The van der Waals surface area contributed by atoms with E-state index in [-0.39, 0.29) is 24.8 Å². The first-order valence-corrected chi connectivity index (χ1v) is 6.18. The fourth-order valence-electron chi connectivity index (χ4n) is 1.98. The van der Waals surface area contributed by atoms with Crippen molar-refractivity contribution < 1.29 is 13.2 Å². The third-order valence-corrected chi connectivity index (χ3v) is 3.03. The van der Waals surface area contributed by atoms with Crippen LogP contribution in [0.2, 0.25) is 0 Å². The van der Waals surface area contributed by atoms with E-state index in [4.69, 9.17) is 0 Å². The Bertz CT molecular complexity index is 721. The maximum absolute atomic E-state index is 12.5. The average molecular weight is 365 g/mol. The number of nitrogens with zero attached hydrogens (tertiary/aromatic N) is 4. The lowest BCUT2D eigenvalue weighted by molar-refractivity contribution is -0.137. The van der Waals surface area contributed by atoms with Gasteiger partial charge in [0.25, 0.3) is 0 Å². The molecule has 0 aliphatic rings. The predicted molar refractivity (Wildman–Crippen MR) is 84.4 cm³/mol. The largest absolute Gasteiger partial charge is 0.416 e. The molecular formula is C14H13Cl2F3N4. The highest BCUT2D eigenvalue weighted by molar-refractivity contribution is 5.85. The van der Waals surface area contributed by atoms with Gasteiger partial charge in [0, 0.05) is 24.3 Å². The van der Waals surface area contributed by atoms with Gasteiger partial charge < -0.3 is 9.13 Å². The van der Waals surface area contributed by atoms with Gasteiger partial charge in [-0.05, 0) is 24.3 Å². The molecule has 0 unspecified atom stereocenters. The molecule has 0 atom stereocenters. The Morgan fingerprint density at radius 2 is 1.70 bits per heavy atom. The summed E-state index contributed by atoms with van der Waals surface area (Å²) in [5.41, 5.74) is 0.769. The Hall–Kier alpha value is -1.99. The van der Waals surface area contributed by atoms with Crippen LogP contribution in [0.5, 0.6) is 0 Å². The van der Waals surface area contributed by atoms with Gasteiger partial charge in [-0.3, -0.25) is 0 Å². The first kappa shape index (κ1) is 19.1. The van der Waals surface area contributed by atoms with E-state index in [0.29, 0.717) is 12.2 Å². The standard InChI is InChI=1S/C14H11F3N4.2ClH/c15-14(16,17)11-1-3-13(4-2-11)21-8-12(19-10-21)7-20-6-5-18-9-20;;/h1-6,8-10H,7H2;2*1H. The topological polar surface area (TPSA) is 35.6 Å². The van der Waals surface area contributed by atoms with E-state index in [2.05, 4.69) is 9.97 Å². The van der Waals surface area contributed by atoms with Gasteiger partial charge in [0.1, 0.15) is 0 Å². The lowest BCUT2D eigenvalue weighted by Crippen LogP contribution is -2.04. The summed E-state index contributed by atoms with van der Waals surface area (Å²) < 4.78 is 41.1. The van der Waals surface area contributed by atoms with E-state index >= 15 is 0 Å². The highest BCUT2D eigenvalue weighted by Gasteiger charge is 2.29. The van der Waals surface area contributed by atoms with Gasteiger partial charge in [0.05, 0.1) is 30.5 Å². The van der Waals surface area contributed by atoms with Crippen LogP contribution in [0.25, 0.3) is 5.69 Å². The molecule has 124 valence electrons. The van der Waals surface area contributed by atoms with Gasteiger partial charge in [-0.2, -0.15) is 13.2 Å². The van der Waals surface area contributed by atoms with Crippen LogP contribution in [-0.4, -0.2) is 19.1 Å². The van der Waals surface area contributed by atoms with Gasteiger partial charge in [0.2, 0.25) is 0 Å². The molecule has 0 saturated heterocycles. The quantitative estimate of drug-likeness (QED) is 0.704. The van der Waals surface area contributed by atoms with Crippen molar-refractivity contribution >= 4 is 24.8 Å². The van der Waals surface area contributed by atoms with Crippen LogP contribution in [0.1, 0.15) is 11.3 Å². The Morgan fingerprint density at radius 1 is 1.00 bits per heavy atom. The maximum Gasteiger partial charge on any atom is 0.416 e. The molecule has 0 bridgehead atoms. The lowest BCUT2D eigenvalue weighted by atomic mass is 10.2. The molecule has 0 aliphatic heterocycles. The smallest absolute Gasteiger partial charge is 0.331 e. The number of benzene rings is 1. The summed E-state index contributed by atoms with van der Waals surface area (Å²) in [5.74, 6) is 0. The molecule has 0 N–H and O–H groups in total. The molecule has 9 heteroatoms. The van der Waals surface area contributed by atoms with Gasteiger partial charge in [-0.15, -0.1) is 24.8 Å². The van der Waals surface area contributed by atoms with Gasteiger partial charge in [0.15, 0.2) is 0 Å². The van der Waals surface area contributed by atoms with Gasteiger partial charge in [-0.1, -0.05) is 0 Å². The fraction of sp³-hybridized carbons (Fsp3) is 0.143. The molecule has 0 spiro atoms. The second-order valence-electron chi connectivity index (χ2n) is 4.55. The Morgan fingerprint density at radius 3 is 2.26 bits per heavy atom. The van der Waals surface area contributed by atoms with Crippen molar-refractivity contribution in [2.45, 2.75) is 12.7 Å². The van der Waals surface area contributed by atoms with Crippen LogP contribution < -0.4 is 0 Å². The summed E-state index contributed by atoms with van der Waals surface area (Å²) in [6.45, 7) is 0.563. The van der Waals surface area contributed by atoms with Crippen molar-refractivity contribution in [1.29, 1.82) is 0 Å². The second kappa shape index (κ2) is 7.52. The summed E-state index contributed by atoms with van der Waals surface area (Å²) in [4.78, 5) is 8.17. The molecule has 3 rings (SSSR count). The summed E-state index contributed by atoms with van der Waals surface area (Å²) in [7, 11) is 0. The van der Waals surface area contributed by atoms with Crippen LogP contribution in [0.3, 0.4) is 0 Å². The van der Waals surface area contributed by atoms with Crippen molar-refractivity contribution in [3.05, 3.63) is 66.8 Å². The molecule has 4 nitrogen and oxygen atoms in total. The van der Waals surface area contributed by atoms with E-state index < -0.39 is 11.7 Å². The third-order valence-electron chi connectivity index (χ3n) is 3.03. The van der Waals surface area contributed by atoms with Crippen LogP contribution >= 0.6 is 24.8 Å². The highest BCUT2D eigenvalue weighted by Crippen LogP contribution is 2.29. The van der Waals surface area contributed by atoms with E-state index in [1.807, 2.05) is 10.8 Å². The number of aromatic nitrogens is 4. The fourth-order valence-corrected chi connectivity index (χ4v) is 1.98. The molecule has 0 aliphatic carbocycles. The van der Waals surface area contributed by atoms with Crippen LogP contribution in [0, 0.1) is 0 Å². The number of hydrogen-bond acceptors (Lipinski definition) is 2. The van der Waals surface area contributed by atoms with Crippen molar-refractivity contribution in [3.8, 4) is 5.69 Å². The average Bonchev–Trinajstić information content (AvgIpc) is 3.10. The molecular weight excluding hydrogens is 352 g/mol.